The average molecular weight is 293 g/mol. The molecule has 1 aromatic carbocycles. The summed E-state index contributed by atoms with van der Waals surface area (Å²) in [6.07, 6.45) is 2.95. The second kappa shape index (κ2) is 7.14. The van der Waals surface area contributed by atoms with Crippen molar-refractivity contribution < 1.29 is 14.2 Å². The minimum absolute atomic E-state index is 0.248. The number of hydrogen-bond acceptors (Lipinski definition) is 4. The van der Waals surface area contributed by atoms with Crippen LogP contribution in [0.25, 0.3) is 0 Å². The van der Waals surface area contributed by atoms with E-state index in [1.165, 1.54) is 5.56 Å². The fourth-order valence-electron chi connectivity index (χ4n) is 2.95. The van der Waals surface area contributed by atoms with E-state index >= 15 is 0 Å². The van der Waals surface area contributed by atoms with Crippen LogP contribution >= 0.6 is 0 Å². The van der Waals surface area contributed by atoms with Gasteiger partial charge in [0.15, 0.2) is 0 Å². The maximum absolute atomic E-state index is 6.30. The van der Waals surface area contributed by atoms with E-state index in [4.69, 9.17) is 14.2 Å². The Labute approximate surface area is 127 Å². The van der Waals surface area contributed by atoms with Gasteiger partial charge in [-0.05, 0) is 37.6 Å². The van der Waals surface area contributed by atoms with Gasteiger partial charge in [-0.25, -0.2) is 0 Å². The summed E-state index contributed by atoms with van der Waals surface area (Å²) in [6.45, 7) is 5.94. The lowest BCUT2D eigenvalue weighted by Crippen LogP contribution is -2.47. The number of methoxy groups -OCH3 is 2. The Morgan fingerprint density at radius 3 is 2.76 bits per heavy atom. The normalized spacial score (nSPS) is 24.3. The van der Waals surface area contributed by atoms with Crippen LogP contribution in [0.5, 0.6) is 11.5 Å². The highest BCUT2D eigenvalue weighted by molar-refractivity contribution is 5.44. The predicted octanol–water partition coefficient (Wildman–Crippen LogP) is 3.31. The lowest BCUT2D eigenvalue weighted by Gasteiger charge is -2.42. The third kappa shape index (κ3) is 3.50. The van der Waals surface area contributed by atoms with Crippen molar-refractivity contribution in [2.24, 2.45) is 0 Å². The largest absolute Gasteiger partial charge is 0.497 e. The zero-order valence-corrected chi connectivity index (χ0v) is 13.6. The number of hydrogen-bond donors (Lipinski definition) is 1. The maximum atomic E-state index is 6.30. The first-order chi connectivity index (χ1) is 10.2. The van der Waals surface area contributed by atoms with E-state index in [2.05, 4.69) is 25.2 Å². The highest BCUT2D eigenvalue weighted by Gasteiger charge is 2.39. The lowest BCUT2D eigenvalue weighted by molar-refractivity contribution is -0.0370. The number of fused-ring (bicyclic) bond motifs is 1. The van der Waals surface area contributed by atoms with E-state index in [1.807, 2.05) is 12.1 Å². The molecule has 2 unspecified atom stereocenters. The third-order valence-corrected chi connectivity index (χ3v) is 4.19. The van der Waals surface area contributed by atoms with Crippen LogP contribution in [0.3, 0.4) is 0 Å². The lowest BCUT2D eigenvalue weighted by atomic mass is 9.85. The van der Waals surface area contributed by atoms with Crippen LogP contribution in [-0.4, -0.2) is 33.0 Å². The second-order valence-corrected chi connectivity index (χ2v) is 5.69. The fourth-order valence-corrected chi connectivity index (χ4v) is 2.95. The van der Waals surface area contributed by atoms with Gasteiger partial charge in [0.25, 0.3) is 0 Å². The summed E-state index contributed by atoms with van der Waals surface area (Å²) >= 11 is 0. The van der Waals surface area contributed by atoms with E-state index in [0.717, 1.165) is 37.3 Å². The molecule has 118 valence electrons. The molecule has 4 nitrogen and oxygen atoms in total. The van der Waals surface area contributed by atoms with Gasteiger partial charge < -0.3 is 19.5 Å². The molecular formula is C17H27NO3. The van der Waals surface area contributed by atoms with Crippen LogP contribution in [0.1, 0.15) is 44.7 Å². The molecule has 0 aliphatic carbocycles. The zero-order valence-electron chi connectivity index (χ0n) is 13.6. The Morgan fingerprint density at radius 1 is 1.33 bits per heavy atom. The molecule has 0 saturated heterocycles. The molecule has 1 aliphatic rings. The first-order valence-corrected chi connectivity index (χ1v) is 7.77. The number of ether oxygens (including phenoxy) is 3. The van der Waals surface area contributed by atoms with Crippen LogP contribution < -0.4 is 14.8 Å². The molecule has 0 amide bonds. The van der Waals surface area contributed by atoms with Crippen LogP contribution in [0.15, 0.2) is 18.2 Å². The Bertz CT molecular complexity index is 463. The SMILES string of the molecule is CCCNC1CC(CC)(COC)Oc2ccc(OC)cc21. The minimum atomic E-state index is -0.248. The summed E-state index contributed by atoms with van der Waals surface area (Å²) in [4.78, 5) is 0. The molecule has 0 fully saturated rings. The van der Waals surface area contributed by atoms with Gasteiger partial charge in [0.2, 0.25) is 0 Å². The zero-order chi connectivity index (χ0) is 15.3. The van der Waals surface area contributed by atoms with Crippen molar-refractivity contribution in [1.29, 1.82) is 0 Å². The van der Waals surface area contributed by atoms with Crippen LogP contribution in [0.2, 0.25) is 0 Å². The topological polar surface area (TPSA) is 39.7 Å². The van der Waals surface area contributed by atoms with E-state index < -0.39 is 0 Å². The van der Waals surface area contributed by atoms with E-state index in [1.54, 1.807) is 14.2 Å². The van der Waals surface area contributed by atoms with Crippen molar-refractivity contribution >= 4 is 0 Å². The number of nitrogens with one attached hydrogen (secondary N) is 1. The van der Waals surface area contributed by atoms with Crippen molar-refractivity contribution in [3.63, 3.8) is 0 Å². The van der Waals surface area contributed by atoms with Gasteiger partial charge in [0.05, 0.1) is 13.7 Å². The van der Waals surface area contributed by atoms with Gasteiger partial charge >= 0.3 is 0 Å². The summed E-state index contributed by atoms with van der Waals surface area (Å²) in [7, 11) is 3.43. The molecule has 1 aliphatic heterocycles. The molecular weight excluding hydrogens is 266 g/mol. The summed E-state index contributed by atoms with van der Waals surface area (Å²) in [5.74, 6) is 1.81. The van der Waals surface area contributed by atoms with Gasteiger partial charge in [-0.3, -0.25) is 0 Å². The fraction of sp³-hybridized carbons (Fsp3) is 0.647. The van der Waals surface area contributed by atoms with E-state index in [-0.39, 0.29) is 11.6 Å². The molecule has 1 N–H and O–H groups in total. The molecule has 0 radical (unpaired) electrons. The molecule has 2 rings (SSSR count). The Morgan fingerprint density at radius 2 is 2.14 bits per heavy atom. The molecule has 2 atom stereocenters. The van der Waals surface area contributed by atoms with Crippen LogP contribution in [0, 0.1) is 0 Å². The first kappa shape index (κ1) is 16.1. The van der Waals surface area contributed by atoms with Crippen molar-refractivity contribution in [2.45, 2.75) is 44.8 Å². The molecule has 4 heteroatoms. The van der Waals surface area contributed by atoms with Crippen molar-refractivity contribution in [2.75, 3.05) is 27.4 Å². The van der Waals surface area contributed by atoms with E-state index in [0.29, 0.717) is 6.61 Å². The van der Waals surface area contributed by atoms with Gasteiger partial charge in [-0.1, -0.05) is 13.8 Å². The minimum Gasteiger partial charge on any atom is -0.497 e. The van der Waals surface area contributed by atoms with Gasteiger partial charge in [-0.2, -0.15) is 0 Å². The Kier molecular flexibility index (Phi) is 5.48. The highest BCUT2D eigenvalue weighted by Crippen LogP contribution is 2.42. The third-order valence-electron chi connectivity index (χ3n) is 4.19. The van der Waals surface area contributed by atoms with Crippen LogP contribution in [0.4, 0.5) is 0 Å². The molecule has 0 bridgehead atoms. The summed E-state index contributed by atoms with van der Waals surface area (Å²) in [5, 5.41) is 3.64. The van der Waals surface area contributed by atoms with Gasteiger partial charge in [0.1, 0.15) is 17.1 Å². The van der Waals surface area contributed by atoms with Gasteiger partial charge in [-0.15, -0.1) is 0 Å². The molecule has 21 heavy (non-hydrogen) atoms. The highest BCUT2D eigenvalue weighted by atomic mass is 16.5. The summed E-state index contributed by atoms with van der Waals surface area (Å²) < 4.78 is 17.1. The van der Waals surface area contributed by atoms with Crippen molar-refractivity contribution in [3.05, 3.63) is 23.8 Å². The second-order valence-electron chi connectivity index (χ2n) is 5.69. The molecule has 0 spiro atoms. The molecule has 1 heterocycles. The van der Waals surface area contributed by atoms with E-state index in [9.17, 15) is 0 Å². The van der Waals surface area contributed by atoms with Crippen molar-refractivity contribution in [3.8, 4) is 11.5 Å². The summed E-state index contributed by atoms with van der Waals surface area (Å²) in [5.41, 5.74) is 0.935. The van der Waals surface area contributed by atoms with Crippen molar-refractivity contribution in [1.82, 2.24) is 5.32 Å². The predicted molar refractivity (Wildman–Crippen MR) is 84.2 cm³/mol. The first-order valence-electron chi connectivity index (χ1n) is 7.77. The van der Waals surface area contributed by atoms with Gasteiger partial charge in [0, 0.05) is 25.1 Å². The number of benzene rings is 1. The Hall–Kier alpha value is -1.26. The monoisotopic (exact) mass is 293 g/mol. The number of rotatable bonds is 7. The maximum Gasteiger partial charge on any atom is 0.134 e. The quantitative estimate of drug-likeness (QED) is 0.837. The molecule has 0 saturated carbocycles. The summed E-state index contributed by atoms with van der Waals surface area (Å²) in [6, 6.07) is 6.32. The Balaban J connectivity index is 2.34. The van der Waals surface area contributed by atoms with Crippen LogP contribution in [-0.2, 0) is 4.74 Å². The molecule has 0 aromatic heterocycles. The smallest absolute Gasteiger partial charge is 0.134 e. The standard InChI is InChI=1S/C17H27NO3/c1-5-9-18-15-11-17(6-2,12-19-3)21-16-8-7-13(20-4)10-14(15)16/h7-8,10,15,18H,5-6,9,11-12H2,1-4H3. The molecule has 1 aromatic rings. The average Bonchev–Trinajstić information content (AvgIpc) is 2.52.